The zero-order chi connectivity index (χ0) is 15.8. The van der Waals surface area contributed by atoms with Crippen LogP contribution in [0.4, 0.5) is 0 Å². The number of hydrogen-bond acceptors (Lipinski definition) is 2. The predicted molar refractivity (Wildman–Crippen MR) is 95.2 cm³/mol. The van der Waals surface area contributed by atoms with Crippen LogP contribution in [0, 0.1) is 0 Å². The Labute approximate surface area is 142 Å². The highest BCUT2D eigenvalue weighted by molar-refractivity contribution is 7.14. The highest BCUT2D eigenvalue weighted by atomic mass is 32.1. The molecule has 0 spiro atoms. The summed E-state index contributed by atoms with van der Waals surface area (Å²) in [4.78, 5) is 17.3. The molecule has 0 radical (unpaired) electrons. The largest absolute Gasteiger partial charge is 0.334 e. The minimum absolute atomic E-state index is 0.199. The lowest BCUT2D eigenvalue weighted by molar-refractivity contribution is 0.0735. The summed E-state index contributed by atoms with van der Waals surface area (Å²) in [7, 11) is 1.97. The van der Waals surface area contributed by atoms with Gasteiger partial charge in [0.05, 0.1) is 10.9 Å². The maximum atomic E-state index is 13.0. The third-order valence-electron chi connectivity index (χ3n) is 5.35. The number of hydrogen-bond donors (Lipinski definition) is 0. The summed E-state index contributed by atoms with van der Waals surface area (Å²) in [6.07, 6.45) is 8.30. The third-order valence-corrected chi connectivity index (χ3v) is 6.57. The number of amides is 1. The Hall–Kier alpha value is -1.61. The molecule has 0 N–H and O–H groups in total. The van der Waals surface area contributed by atoms with E-state index in [-0.39, 0.29) is 11.9 Å². The maximum Gasteiger partial charge on any atom is 0.264 e. The summed E-state index contributed by atoms with van der Waals surface area (Å²) in [5.41, 5.74) is 4.16. The van der Waals surface area contributed by atoms with Crippen molar-refractivity contribution in [3.63, 3.8) is 0 Å². The molecule has 2 aliphatic carbocycles. The van der Waals surface area contributed by atoms with E-state index in [1.54, 1.807) is 11.3 Å². The van der Waals surface area contributed by atoms with Crippen molar-refractivity contribution in [1.82, 2.24) is 4.90 Å². The first-order valence-electron chi connectivity index (χ1n) is 8.70. The summed E-state index contributed by atoms with van der Waals surface area (Å²) in [6, 6.07) is 11.0. The molecule has 2 nitrogen and oxygen atoms in total. The van der Waals surface area contributed by atoms with Gasteiger partial charge in [-0.05, 0) is 61.3 Å². The van der Waals surface area contributed by atoms with Gasteiger partial charge in [-0.1, -0.05) is 30.7 Å². The van der Waals surface area contributed by atoms with Crippen LogP contribution in [-0.2, 0) is 19.3 Å². The fraction of sp³-hybridized carbons (Fsp3) is 0.450. The minimum Gasteiger partial charge on any atom is -0.334 e. The Morgan fingerprint density at radius 2 is 1.91 bits per heavy atom. The quantitative estimate of drug-likeness (QED) is 0.728. The maximum absolute atomic E-state index is 13.0. The second-order valence-corrected chi connectivity index (χ2v) is 7.93. The van der Waals surface area contributed by atoms with E-state index in [4.69, 9.17) is 0 Å². The van der Waals surface area contributed by atoms with Gasteiger partial charge in [0.1, 0.15) is 0 Å². The van der Waals surface area contributed by atoms with Gasteiger partial charge < -0.3 is 4.90 Å². The zero-order valence-electron chi connectivity index (χ0n) is 13.7. The standard InChI is InChI=1S/C20H23NOS/c1-21(17-12-11-14-7-5-6-9-16(14)17)20(22)19-13-15-8-3-2-4-10-18(15)23-19/h5-7,9,13,17H,2-4,8,10-12H2,1H3. The van der Waals surface area contributed by atoms with E-state index in [9.17, 15) is 4.79 Å². The first kappa shape index (κ1) is 14.9. The van der Waals surface area contributed by atoms with E-state index < -0.39 is 0 Å². The number of fused-ring (bicyclic) bond motifs is 2. The van der Waals surface area contributed by atoms with Crippen molar-refractivity contribution in [1.29, 1.82) is 0 Å². The van der Waals surface area contributed by atoms with Crippen LogP contribution in [0.5, 0.6) is 0 Å². The van der Waals surface area contributed by atoms with Gasteiger partial charge in [0.25, 0.3) is 5.91 Å². The van der Waals surface area contributed by atoms with Crippen molar-refractivity contribution >= 4 is 17.2 Å². The molecule has 0 bridgehead atoms. The number of benzene rings is 1. The third kappa shape index (κ3) is 2.72. The monoisotopic (exact) mass is 325 g/mol. The topological polar surface area (TPSA) is 20.3 Å². The molecule has 4 rings (SSSR count). The molecular formula is C20H23NOS. The molecule has 1 unspecified atom stereocenters. The van der Waals surface area contributed by atoms with Gasteiger partial charge in [-0.15, -0.1) is 11.3 Å². The second kappa shape index (κ2) is 6.12. The van der Waals surface area contributed by atoms with Gasteiger partial charge >= 0.3 is 0 Å². The molecule has 0 saturated carbocycles. The summed E-state index contributed by atoms with van der Waals surface area (Å²) in [5, 5.41) is 0. The van der Waals surface area contributed by atoms with Crippen molar-refractivity contribution in [3.05, 3.63) is 56.8 Å². The number of nitrogens with zero attached hydrogens (tertiary/aromatic N) is 1. The first-order valence-corrected chi connectivity index (χ1v) is 9.52. The predicted octanol–water partition coefficient (Wildman–Crippen LogP) is 4.78. The lowest BCUT2D eigenvalue weighted by Gasteiger charge is -2.25. The van der Waals surface area contributed by atoms with Gasteiger partial charge in [-0.2, -0.15) is 0 Å². The average Bonchev–Trinajstić information content (AvgIpc) is 3.12. The van der Waals surface area contributed by atoms with Crippen molar-refractivity contribution in [2.45, 2.75) is 51.0 Å². The highest BCUT2D eigenvalue weighted by Crippen LogP contribution is 2.37. The van der Waals surface area contributed by atoms with Crippen LogP contribution in [0.1, 0.15) is 63.0 Å². The molecule has 1 heterocycles. The molecule has 0 fully saturated rings. The smallest absolute Gasteiger partial charge is 0.264 e. The SMILES string of the molecule is CN(C(=O)c1cc2c(s1)CCCCC2)C1CCc2ccccc21. The first-order chi connectivity index (χ1) is 11.2. The van der Waals surface area contributed by atoms with Gasteiger partial charge in [-0.25, -0.2) is 0 Å². The fourth-order valence-electron chi connectivity index (χ4n) is 4.03. The van der Waals surface area contributed by atoms with E-state index in [1.807, 2.05) is 11.9 Å². The lowest BCUT2D eigenvalue weighted by Crippen LogP contribution is -2.29. The molecule has 1 aromatic carbocycles. The zero-order valence-corrected chi connectivity index (χ0v) is 14.5. The van der Waals surface area contributed by atoms with Crippen LogP contribution in [-0.4, -0.2) is 17.9 Å². The number of aryl methyl sites for hydroxylation is 3. The number of carbonyl (C=O) groups excluding carboxylic acids is 1. The highest BCUT2D eigenvalue weighted by Gasteiger charge is 2.30. The van der Waals surface area contributed by atoms with Crippen molar-refractivity contribution in [3.8, 4) is 0 Å². The normalized spacial score (nSPS) is 19.8. The van der Waals surface area contributed by atoms with Crippen LogP contribution in [0.2, 0.25) is 0 Å². The Kier molecular flexibility index (Phi) is 3.98. The average molecular weight is 325 g/mol. The molecule has 3 heteroatoms. The second-order valence-electron chi connectivity index (χ2n) is 6.79. The van der Waals surface area contributed by atoms with E-state index >= 15 is 0 Å². The van der Waals surface area contributed by atoms with Crippen LogP contribution < -0.4 is 0 Å². The Bertz CT molecular complexity index is 709. The number of carbonyl (C=O) groups is 1. The Morgan fingerprint density at radius 3 is 2.83 bits per heavy atom. The van der Waals surface area contributed by atoms with Crippen molar-refractivity contribution in [2.24, 2.45) is 0 Å². The minimum atomic E-state index is 0.199. The summed E-state index contributed by atoms with van der Waals surface area (Å²) in [5.74, 6) is 0.199. The summed E-state index contributed by atoms with van der Waals surface area (Å²) in [6.45, 7) is 0. The molecule has 120 valence electrons. The summed E-state index contributed by atoms with van der Waals surface area (Å²) < 4.78 is 0. The van der Waals surface area contributed by atoms with Crippen LogP contribution in [0.3, 0.4) is 0 Å². The molecule has 1 atom stereocenters. The number of thiophene rings is 1. The molecule has 2 aliphatic rings. The van der Waals surface area contributed by atoms with Gasteiger partial charge in [0, 0.05) is 11.9 Å². The van der Waals surface area contributed by atoms with Gasteiger partial charge in [0.15, 0.2) is 0 Å². The lowest BCUT2D eigenvalue weighted by atomic mass is 10.1. The van der Waals surface area contributed by atoms with Crippen LogP contribution >= 0.6 is 11.3 Å². The Balaban J connectivity index is 1.58. The van der Waals surface area contributed by atoms with Crippen LogP contribution in [0.15, 0.2) is 30.3 Å². The van der Waals surface area contributed by atoms with Gasteiger partial charge in [0.2, 0.25) is 0 Å². The molecule has 0 aliphatic heterocycles. The Morgan fingerprint density at radius 1 is 1.09 bits per heavy atom. The molecule has 23 heavy (non-hydrogen) atoms. The summed E-state index contributed by atoms with van der Waals surface area (Å²) >= 11 is 1.73. The van der Waals surface area contributed by atoms with Gasteiger partial charge in [-0.3, -0.25) is 4.79 Å². The van der Waals surface area contributed by atoms with E-state index in [1.165, 1.54) is 40.8 Å². The number of rotatable bonds is 2. The molecule has 1 aromatic heterocycles. The van der Waals surface area contributed by atoms with E-state index in [2.05, 4.69) is 30.3 Å². The molecule has 1 amide bonds. The molecule has 0 saturated heterocycles. The van der Waals surface area contributed by atoms with Crippen molar-refractivity contribution < 1.29 is 4.79 Å². The molecule has 2 aromatic rings. The van der Waals surface area contributed by atoms with Crippen molar-refractivity contribution in [2.75, 3.05) is 7.05 Å². The van der Waals surface area contributed by atoms with E-state index in [0.29, 0.717) is 0 Å². The van der Waals surface area contributed by atoms with Crippen LogP contribution in [0.25, 0.3) is 0 Å². The molecular weight excluding hydrogens is 302 g/mol. The van der Waals surface area contributed by atoms with E-state index in [0.717, 1.165) is 30.6 Å². The fourth-order valence-corrected chi connectivity index (χ4v) is 5.26.